The number of unbranched alkanes of at least 4 members (excludes halogenated alkanes) is 1. The van der Waals surface area contributed by atoms with Gasteiger partial charge in [0.15, 0.2) is 0 Å². The van der Waals surface area contributed by atoms with Crippen molar-refractivity contribution in [2.45, 2.75) is 39.5 Å². The second-order valence-corrected chi connectivity index (χ2v) is 8.07. The molecule has 1 aliphatic heterocycles. The monoisotopic (exact) mass is 419 g/mol. The number of nitrogens with zero attached hydrogens (tertiary/aromatic N) is 4. The van der Waals surface area contributed by atoms with Crippen molar-refractivity contribution >= 4 is 11.7 Å². The van der Waals surface area contributed by atoms with Crippen molar-refractivity contribution in [3.63, 3.8) is 0 Å². The van der Waals surface area contributed by atoms with Crippen LogP contribution in [0.15, 0.2) is 47.1 Å². The van der Waals surface area contributed by atoms with Crippen molar-refractivity contribution in [3.05, 3.63) is 48.2 Å². The molecule has 1 aromatic carbocycles. The Morgan fingerprint density at radius 2 is 2.06 bits per heavy atom. The van der Waals surface area contributed by atoms with Crippen LogP contribution in [0.2, 0.25) is 0 Å². The van der Waals surface area contributed by atoms with Crippen molar-refractivity contribution in [2.24, 2.45) is 5.92 Å². The minimum atomic E-state index is 0.0663. The second-order valence-electron chi connectivity index (χ2n) is 8.07. The molecule has 0 spiro atoms. The topological polar surface area (TPSA) is 84.2 Å². The van der Waals surface area contributed by atoms with E-state index in [1.165, 1.54) is 0 Å². The lowest BCUT2D eigenvalue weighted by Gasteiger charge is -2.32. The molecule has 1 amide bonds. The second kappa shape index (κ2) is 9.73. The summed E-state index contributed by atoms with van der Waals surface area (Å²) in [5, 5.41) is 7.24. The Labute approximate surface area is 182 Å². The quantitative estimate of drug-likeness (QED) is 0.577. The van der Waals surface area contributed by atoms with Crippen molar-refractivity contribution in [3.8, 4) is 22.8 Å². The van der Waals surface area contributed by atoms with E-state index in [2.05, 4.69) is 32.3 Å². The number of pyridine rings is 1. The van der Waals surface area contributed by atoms with Gasteiger partial charge in [0.2, 0.25) is 11.7 Å². The van der Waals surface area contributed by atoms with Gasteiger partial charge in [-0.05, 0) is 44.4 Å². The third kappa shape index (κ3) is 4.93. The molecule has 3 aromatic rings. The summed E-state index contributed by atoms with van der Waals surface area (Å²) < 4.78 is 5.60. The summed E-state index contributed by atoms with van der Waals surface area (Å²) in [6.07, 6.45) is 5.51. The Morgan fingerprint density at radius 3 is 2.84 bits per heavy atom. The van der Waals surface area contributed by atoms with Crippen LogP contribution in [-0.2, 0) is 4.79 Å². The minimum absolute atomic E-state index is 0.0663. The van der Waals surface area contributed by atoms with E-state index in [9.17, 15) is 4.79 Å². The summed E-state index contributed by atoms with van der Waals surface area (Å²) in [4.78, 5) is 23.8. The van der Waals surface area contributed by atoms with Gasteiger partial charge in [-0.25, -0.2) is 4.98 Å². The summed E-state index contributed by atoms with van der Waals surface area (Å²) in [5.74, 6) is 2.09. The maximum atomic E-state index is 12.4. The van der Waals surface area contributed by atoms with Crippen LogP contribution in [0.4, 0.5) is 5.82 Å². The molecule has 0 aliphatic carbocycles. The van der Waals surface area contributed by atoms with E-state index in [0.717, 1.165) is 67.8 Å². The van der Waals surface area contributed by atoms with Gasteiger partial charge in [0.05, 0.1) is 5.56 Å². The molecule has 1 N–H and O–H groups in total. The maximum absolute atomic E-state index is 12.4. The summed E-state index contributed by atoms with van der Waals surface area (Å²) in [7, 11) is 0. The SMILES string of the molecule is CCCCNC(=O)C1CCN(c2ncccc2-c2nc(-c3cccc(C)c3)no2)CC1. The summed E-state index contributed by atoms with van der Waals surface area (Å²) in [6, 6.07) is 11.9. The van der Waals surface area contributed by atoms with E-state index in [0.29, 0.717) is 11.7 Å². The lowest BCUT2D eigenvalue weighted by atomic mass is 9.95. The molecule has 2 aromatic heterocycles. The van der Waals surface area contributed by atoms with Gasteiger partial charge in [0, 0.05) is 37.3 Å². The molecule has 7 nitrogen and oxygen atoms in total. The normalized spacial score (nSPS) is 14.6. The number of carbonyl (C=O) groups is 1. The largest absolute Gasteiger partial charge is 0.356 e. The number of rotatable bonds is 7. The highest BCUT2D eigenvalue weighted by molar-refractivity contribution is 5.79. The molecule has 3 heterocycles. The van der Waals surface area contributed by atoms with E-state index in [1.54, 1.807) is 6.20 Å². The van der Waals surface area contributed by atoms with Crippen molar-refractivity contribution in [1.82, 2.24) is 20.4 Å². The summed E-state index contributed by atoms with van der Waals surface area (Å²) in [5.41, 5.74) is 2.89. The zero-order valence-corrected chi connectivity index (χ0v) is 18.2. The highest BCUT2D eigenvalue weighted by Crippen LogP contribution is 2.32. The molecule has 4 rings (SSSR count). The molecule has 0 unspecified atom stereocenters. The number of aryl methyl sites for hydroxylation is 1. The lowest BCUT2D eigenvalue weighted by molar-refractivity contribution is -0.125. The zero-order chi connectivity index (χ0) is 21.6. The van der Waals surface area contributed by atoms with Gasteiger partial charge in [-0.1, -0.05) is 42.3 Å². The van der Waals surface area contributed by atoms with Gasteiger partial charge in [-0.15, -0.1) is 0 Å². The highest BCUT2D eigenvalue weighted by Gasteiger charge is 2.27. The number of piperidine rings is 1. The Hall–Kier alpha value is -3.22. The number of aromatic nitrogens is 3. The van der Waals surface area contributed by atoms with Crippen LogP contribution in [-0.4, -0.2) is 40.7 Å². The predicted molar refractivity (Wildman–Crippen MR) is 121 cm³/mol. The van der Waals surface area contributed by atoms with E-state index >= 15 is 0 Å². The average Bonchev–Trinajstić information content (AvgIpc) is 3.30. The molecular weight excluding hydrogens is 390 g/mol. The Balaban J connectivity index is 1.47. The molecule has 162 valence electrons. The molecule has 7 heteroatoms. The maximum Gasteiger partial charge on any atom is 0.261 e. The van der Waals surface area contributed by atoms with Gasteiger partial charge in [0.1, 0.15) is 5.82 Å². The molecule has 1 saturated heterocycles. The first-order valence-corrected chi connectivity index (χ1v) is 11.0. The fraction of sp³-hybridized carbons (Fsp3) is 0.417. The molecule has 31 heavy (non-hydrogen) atoms. The van der Waals surface area contributed by atoms with Crippen molar-refractivity contribution in [1.29, 1.82) is 0 Å². The van der Waals surface area contributed by atoms with Gasteiger partial charge in [-0.2, -0.15) is 4.98 Å². The number of benzene rings is 1. The van der Waals surface area contributed by atoms with Crippen LogP contribution in [0.3, 0.4) is 0 Å². The molecule has 0 saturated carbocycles. The van der Waals surface area contributed by atoms with Crippen molar-refractivity contribution < 1.29 is 9.32 Å². The molecule has 1 fully saturated rings. The van der Waals surface area contributed by atoms with Gasteiger partial charge < -0.3 is 14.7 Å². The van der Waals surface area contributed by atoms with Crippen LogP contribution >= 0.6 is 0 Å². The molecule has 0 radical (unpaired) electrons. The van der Waals surface area contributed by atoms with Crippen LogP contribution < -0.4 is 10.2 Å². The van der Waals surface area contributed by atoms with Gasteiger partial charge in [-0.3, -0.25) is 4.79 Å². The Morgan fingerprint density at radius 1 is 1.23 bits per heavy atom. The minimum Gasteiger partial charge on any atom is -0.356 e. The molecule has 0 bridgehead atoms. The lowest BCUT2D eigenvalue weighted by Crippen LogP contribution is -2.41. The standard InChI is InChI=1S/C24H29N5O2/c1-3-4-12-26-23(30)18-10-14-29(15-11-18)22-20(9-6-13-25-22)24-27-21(28-31-24)19-8-5-7-17(2)16-19/h5-9,13,16,18H,3-4,10-12,14-15H2,1-2H3,(H,26,30). The zero-order valence-electron chi connectivity index (χ0n) is 18.2. The number of hydrogen-bond donors (Lipinski definition) is 1. The fourth-order valence-corrected chi connectivity index (χ4v) is 3.94. The first-order valence-electron chi connectivity index (χ1n) is 11.0. The van der Waals surface area contributed by atoms with Crippen LogP contribution in [0.1, 0.15) is 38.2 Å². The fourth-order valence-electron chi connectivity index (χ4n) is 3.94. The number of hydrogen-bond acceptors (Lipinski definition) is 6. The van der Waals surface area contributed by atoms with E-state index in [4.69, 9.17) is 4.52 Å². The molecular formula is C24H29N5O2. The van der Waals surface area contributed by atoms with Crippen LogP contribution in [0, 0.1) is 12.8 Å². The first kappa shape index (κ1) is 21.0. The molecule has 1 aliphatic rings. The van der Waals surface area contributed by atoms with Crippen molar-refractivity contribution in [2.75, 3.05) is 24.5 Å². The van der Waals surface area contributed by atoms with E-state index in [1.807, 2.05) is 43.3 Å². The summed E-state index contributed by atoms with van der Waals surface area (Å²) >= 11 is 0. The number of nitrogens with one attached hydrogen (secondary N) is 1. The number of amides is 1. The number of anilines is 1. The first-order chi connectivity index (χ1) is 15.2. The average molecular weight is 420 g/mol. The smallest absolute Gasteiger partial charge is 0.261 e. The van der Waals surface area contributed by atoms with Crippen LogP contribution in [0.5, 0.6) is 0 Å². The third-order valence-electron chi connectivity index (χ3n) is 5.71. The van der Waals surface area contributed by atoms with E-state index < -0.39 is 0 Å². The Kier molecular flexibility index (Phi) is 6.60. The molecule has 0 atom stereocenters. The number of carbonyl (C=O) groups excluding carboxylic acids is 1. The highest BCUT2D eigenvalue weighted by atomic mass is 16.5. The predicted octanol–water partition coefficient (Wildman–Crippen LogP) is 4.24. The van der Waals surface area contributed by atoms with E-state index in [-0.39, 0.29) is 11.8 Å². The van der Waals surface area contributed by atoms with Gasteiger partial charge in [0.25, 0.3) is 5.89 Å². The summed E-state index contributed by atoms with van der Waals surface area (Å²) in [6.45, 7) is 6.48. The Bertz CT molecular complexity index is 1020. The van der Waals surface area contributed by atoms with Crippen LogP contribution in [0.25, 0.3) is 22.8 Å². The third-order valence-corrected chi connectivity index (χ3v) is 5.71. The van der Waals surface area contributed by atoms with Gasteiger partial charge >= 0.3 is 0 Å².